The lowest BCUT2D eigenvalue weighted by Crippen LogP contribution is -2.03. The van der Waals surface area contributed by atoms with Crippen molar-refractivity contribution in [1.82, 2.24) is 4.98 Å². The number of methoxy groups -OCH3 is 1. The molecule has 0 bridgehead atoms. The largest absolute Gasteiger partial charge is 0.494 e. The highest BCUT2D eigenvalue weighted by molar-refractivity contribution is 7.44. The highest BCUT2D eigenvalue weighted by Gasteiger charge is 2.12. The number of aromatic nitrogens is 1. The van der Waals surface area contributed by atoms with Crippen LogP contribution >= 0.6 is 8.38 Å². The molecular weight excluding hydrogens is 349 g/mol. The Morgan fingerprint density at radius 3 is 2.54 bits per heavy atom. The molecule has 26 heavy (non-hydrogen) atoms. The topological polar surface area (TPSA) is 98.4 Å². The summed E-state index contributed by atoms with van der Waals surface area (Å²) in [6.45, 7) is 0.526. The van der Waals surface area contributed by atoms with E-state index in [2.05, 4.69) is 16.4 Å². The first kappa shape index (κ1) is 18.1. The predicted molar refractivity (Wildman–Crippen MR) is 102 cm³/mol. The summed E-state index contributed by atoms with van der Waals surface area (Å²) in [5.41, 5.74) is 3.78. The van der Waals surface area contributed by atoms with Gasteiger partial charge in [0.2, 0.25) is 0 Å². The van der Waals surface area contributed by atoms with Crippen LogP contribution in [-0.4, -0.2) is 21.9 Å². The van der Waals surface area contributed by atoms with Gasteiger partial charge < -0.3 is 19.8 Å². The average molecular weight is 367 g/mol. The standard InChI is InChI=1S/C19H18N3O3P/c1-25-17-4-2-3-16-18(15(9-20)11-22-19(16)17)21-10-13-5-7-14(8-6-13)12-26(23)24/h2-8,11,23-24H,10,12H2,1H3,(H,21,22). The Labute approximate surface area is 152 Å². The van der Waals surface area contributed by atoms with E-state index in [9.17, 15) is 5.26 Å². The van der Waals surface area contributed by atoms with Crippen LogP contribution in [0.15, 0.2) is 48.7 Å². The van der Waals surface area contributed by atoms with Crippen LogP contribution in [0.3, 0.4) is 0 Å². The fraction of sp³-hybridized carbons (Fsp3) is 0.158. The predicted octanol–water partition coefficient (Wildman–Crippen LogP) is 3.52. The average Bonchev–Trinajstić information content (AvgIpc) is 2.66. The van der Waals surface area contributed by atoms with Gasteiger partial charge in [-0.1, -0.05) is 36.4 Å². The Morgan fingerprint density at radius 2 is 1.88 bits per heavy atom. The molecule has 0 amide bonds. The first-order valence-corrected chi connectivity index (χ1v) is 9.38. The number of rotatable bonds is 6. The van der Waals surface area contributed by atoms with Crippen molar-refractivity contribution in [1.29, 1.82) is 5.26 Å². The number of nitrogens with one attached hydrogen (secondary N) is 1. The summed E-state index contributed by atoms with van der Waals surface area (Å²) in [5.74, 6) is 0.656. The lowest BCUT2D eigenvalue weighted by molar-refractivity contribution is 0.419. The summed E-state index contributed by atoms with van der Waals surface area (Å²) in [7, 11) is -0.341. The molecule has 0 radical (unpaired) electrons. The van der Waals surface area contributed by atoms with Crippen LogP contribution in [0.25, 0.3) is 10.9 Å². The van der Waals surface area contributed by atoms with Gasteiger partial charge in [-0.2, -0.15) is 5.26 Å². The molecule has 0 fully saturated rings. The number of nitriles is 1. The molecule has 132 valence electrons. The lowest BCUT2D eigenvalue weighted by Gasteiger charge is -2.13. The molecule has 0 spiro atoms. The van der Waals surface area contributed by atoms with Gasteiger partial charge in [-0.25, -0.2) is 0 Å². The maximum absolute atomic E-state index is 9.42. The molecule has 3 N–H and O–H groups in total. The zero-order valence-corrected chi connectivity index (χ0v) is 15.1. The molecule has 0 aliphatic heterocycles. The highest BCUT2D eigenvalue weighted by atomic mass is 31.2. The van der Waals surface area contributed by atoms with Crippen molar-refractivity contribution in [2.45, 2.75) is 12.7 Å². The molecule has 0 aliphatic carbocycles. The fourth-order valence-corrected chi connectivity index (χ4v) is 3.29. The second kappa shape index (κ2) is 8.11. The van der Waals surface area contributed by atoms with Crippen LogP contribution in [0.1, 0.15) is 16.7 Å². The maximum atomic E-state index is 9.42. The van der Waals surface area contributed by atoms with E-state index in [-0.39, 0.29) is 6.16 Å². The molecule has 2 aromatic carbocycles. The third-order valence-electron chi connectivity index (χ3n) is 4.02. The van der Waals surface area contributed by atoms with Gasteiger partial charge in [0.15, 0.2) is 8.38 Å². The number of anilines is 1. The molecule has 0 unspecified atom stereocenters. The van der Waals surface area contributed by atoms with Crippen LogP contribution in [-0.2, 0) is 12.7 Å². The number of benzene rings is 2. The van der Waals surface area contributed by atoms with Crippen LogP contribution in [0.2, 0.25) is 0 Å². The van der Waals surface area contributed by atoms with Crippen molar-refractivity contribution >= 4 is 25.0 Å². The third kappa shape index (κ3) is 3.92. The minimum Gasteiger partial charge on any atom is -0.494 e. The lowest BCUT2D eigenvalue weighted by atomic mass is 10.1. The number of hydrogen-bond acceptors (Lipinski definition) is 6. The second-order valence-electron chi connectivity index (χ2n) is 5.72. The quantitative estimate of drug-likeness (QED) is 0.577. The Balaban J connectivity index is 1.87. The molecule has 0 saturated carbocycles. The fourth-order valence-electron chi connectivity index (χ4n) is 2.75. The smallest absolute Gasteiger partial charge is 0.169 e. The van der Waals surface area contributed by atoms with Crippen LogP contribution in [0.4, 0.5) is 5.69 Å². The zero-order chi connectivity index (χ0) is 18.5. The van der Waals surface area contributed by atoms with Gasteiger partial charge in [0, 0.05) is 24.3 Å². The van der Waals surface area contributed by atoms with Gasteiger partial charge in [-0.05, 0) is 17.2 Å². The first-order valence-electron chi connectivity index (χ1n) is 7.95. The van der Waals surface area contributed by atoms with Crippen LogP contribution in [0, 0.1) is 11.3 Å². The van der Waals surface area contributed by atoms with Gasteiger partial charge in [0.05, 0.1) is 18.4 Å². The van der Waals surface area contributed by atoms with Crippen molar-refractivity contribution in [3.05, 3.63) is 65.4 Å². The van der Waals surface area contributed by atoms with Crippen molar-refractivity contribution in [3.8, 4) is 11.8 Å². The van der Waals surface area contributed by atoms with E-state index in [4.69, 9.17) is 14.5 Å². The zero-order valence-electron chi connectivity index (χ0n) is 14.2. The Bertz CT molecular complexity index is 953. The van der Waals surface area contributed by atoms with Crippen LogP contribution in [0.5, 0.6) is 5.75 Å². The van der Waals surface area contributed by atoms with E-state index in [1.807, 2.05) is 42.5 Å². The van der Waals surface area contributed by atoms with Crippen molar-refractivity contribution in [2.75, 3.05) is 12.4 Å². The number of nitrogens with zero attached hydrogens (tertiary/aromatic N) is 2. The van der Waals surface area contributed by atoms with E-state index in [0.29, 0.717) is 23.4 Å². The Kier molecular flexibility index (Phi) is 5.65. The third-order valence-corrected chi connectivity index (χ3v) is 4.67. The van der Waals surface area contributed by atoms with Crippen LogP contribution < -0.4 is 10.1 Å². The van der Waals surface area contributed by atoms with E-state index < -0.39 is 8.38 Å². The van der Waals surface area contributed by atoms with Gasteiger partial charge in [0.1, 0.15) is 17.3 Å². The molecular formula is C19H18N3O3P. The molecule has 7 heteroatoms. The van der Waals surface area contributed by atoms with E-state index in [1.165, 1.54) is 0 Å². The summed E-state index contributed by atoms with van der Waals surface area (Å²) >= 11 is 0. The minimum absolute atomic E-state index is 0.260. The molecule has 1 heterocycles. The molecule has 0 saturated heterocycles. The molecule has 3 rings (SSSR count). The summed E-state index contributed by atoms with van der Waals surface area (Å²) in [6.07, 6.45) is 1.80. The number of hydrogen-bond donors (Lipinski definition) is 3. The Hall–Kier alpha value is -2.71. The minimum atomic E-state index is -1.93. The number of para-hydroxylation sites is 1. The Morgan fingerprint density at radius 1 is 1.15 bits per heavy atom. The second-order valence-corrected chi connectivity index (χ2v) is 6.78. The normalized spacial score (nSPS) is 10.7. The van der Waals surface area contributed by atoms with E-state index >= 15 is 0 Å². The van der Waals surface area contributed by atoms with Gasteiger partial charge >= 0.3 is 0 Å². The SMILES string of the molecule is COc1cccc2c(NCc3ccc(CP(O)O)cc3)c(C#N)cnc12. The summed E-state index contributed by atoms with van der Waals surface area (Å²) < 4.78 is 5.35. The summed E-state index contributed by atoms with van der Waals surface area (Å²) in [6, 6.07) is 15.4. The van der Waals surface area contributed by atoms with Crippen molar-refractivity contribution in [3.63, 3.8) is 0 Å². The number of fused-ring (bicyclic) bond motifs is 1. The van der Waals surface area contributed by atoms with E-state index in [1.54, 1.807) is 13.3 Å². The van der Waals surface area contributed by atoms with Crippen molar-refractivity contribution in [2.24, 2.45) is 0 Å². The van der Waals surface area contributed by atoms with E-state index in [0.717, 1.165) is 22.2 Å². The maximum Gasteiger partial charge on any atom is 0.169 e. The van der Waals surface area contributed by atoms with Crippen molar-refractivity contribution < 1.29 is 14.5 Å². The summed E-state index contributed by atoms with van der Waals surface area (Å²) in [5, 5.41) is 13.6. The first-order chi connectivity index (χ1) is 12.6. The molecule has 1 aromatic heterocycles. The molecule has 3 aromatic rings. The molecule has 0 aliphatic rings. The highest BCUT2D eigenvalue weighted by Crippen LogP contribution is 2.32. The van der Waals surface area contributed by atoms with Gasteiger partial charge in [-0.15, -0.1) is 0 Å². The number of ether oxygens (including phenoxy) is 1. The monoisotopic (exact) mass is 367 g/mol. The molecule has 0 atom stereocenters. The molecule has 6 nitrogen and oxygen atoms in total. The van der Waals surface area contributed by atoms with Gasteiger partial charge in [-0.3, -0.25) is 4.98 Å². The van der Waals surface area contributed by atoms with Gasteiger partial charge in [0.25, 0.3) is 0 Å². The summed E-state index contributed by atoms with van der Waals surface area (Å²) in [4.78, 5) is 22.5. The number of pyridine rings is 1.